The van der Waals surface area contributed by atoms with E-state index in [-0.39, 0.29) is 11.7 Å². The summed E-state index contributed by atoms with van der Waals surface area (Å²) in [5.41, 5.74) is 1.09. The van der Waals surface area contributed by atoms with E-state index in [9.17, 15) is 13.2 Å². The molecule has 0 spiro atoms. The minimum absolute atomic E-state index is 0.0127. The van der Waals surface area contributed by atoms with Crippen molar-refractivity contribution in [1.82, 2.24) is 10.2 Å². The summed E-state index contributed by atoms with van der Waals surface area (Å²) in [6.45, 7) is 4.29. The number of benzene rings is 1. The molecule has 2 N–H and O–H groups in total. The summed E-state index contributed by atoms with van der Waals surface area (Å²) in [4.78, 5) is 14.5. The molecule has 1 aromatic carbocycles. The number of carbonyl (C=O) groups is 1. The molecule has 1 unspecified atom stereocenters. The molecule has 1 aliphatic heterocycles. The van der Waals surface area contributed by atoms with Crippen molar-refractivity contribution in [2.45, 2.75) is 26.2 Å². The van der Waals surface area contributed by atoms with Gasteiger partial charge in [-0.3, -0.25) is 9.52 Å². The quantitative estimate of drug-likeness (QED) is 0.785. The zero-order valence-corrected chi connectivity index (χ0v) is 15.2. The Morgan fingerprint density at radius 1 is 1.29 bits per heavy atom. The lowest BCUT2D eigenvalue weighted by molar-refractivity contribution is 0.0674. The van der Waals surface area contributed by atoms with Crippen LogP contribution in [0.5, 0.6) is 0 Å². The third-order valence-corrected chi connectivity index (χ3v) is 5.67. The monoisotopic (exact) mass is 353 g/mol. The van der Waals surface area contributed by atoms with E-state index in [4.69, 9.17) is 0 Å². The first-order chi connectivity index (χ1) is 11.4. The van der Waals surface area contributed by atoms with Crippen molar-refractivity contribution in [1.29, 1.82) is 0 Å². The molecule has 1 fully saturated rings. The van der Waals surface area contributed by atoms with E-state index in [1.165, 1.54) is 0 Å². The molecule has 0 aliphatic carbocycles. The van der Waals surface area contributed by atoms with Gasteiger partial charge in [-0.2, -0.15) is 0 Å². The maximum absolute atomic E-state index is 12.6. The fourth-order valence-electron chi connectivity index (χ4n) is 3.07. The Kier molecular flexibility index (Phi) is 6.62. The molecule has 24 heavy (non-hydrogen) atoms. The number of sulfonamides is 1. The normalized spacial score (nSPS) is 18.4. The fraction of sp³-hybridized carbons (Fsp3) is 0.588. The molecule has 0 bridgehead atoms. The SMILES string of the molecule is CCCS(=O)(=O)Nc1ccc(C(=O)N2CCCC(CNC)C2)cc1. The predicted octanol–water partition coefficient (Wildman–Crippen LogP) is 1.91. The molecule has 1 aromatic rings. The molecule has 134 valence electrons. The molecule has 0 saturated carbocycles. The Bertz CT molecular complexity index is 642. The zero-order chi connectivity index (χ0) is 17.6. The molecule has 7 heteroatoms. The van der Waals surface area contributed by atoms with Crippen LogP contribution in [0.25, 0.3) is 0 Å². The number of nitrogens with one attached hydrogen (secondary N) is 2. The van der Waals surface area contributed by atoms with Crippen molar-refractivity contribution < 1.29 is 13.2 Å². The Morgan fingerprint density at radius 2 is 2.00 bits per heavy atom. The summed E-state index contributed by atoms with van der Waals surface area (Å²) in [6.07, 6.45) is 2.73. The average Bonchev–Trinajstić information content (AvgIpc) is 2.55. The van der Waals surface area contributed by atoms with Crippen molar-refractivity contribution >= 4 is 21.6 Å². The summed E-state index contributed by atoms with van der Waals surface area (Å²) in [5.74, 6) is 0.598. The lowest BCUT2D eigenvalue weighted by Crippen LogP contribution is -2.42. The van der Waals surface area contributed by atoms with Crippen molar-refractivity contribution in [3.8, 4) is 0 Å². The molecule has 1 amide bonds. The number of likely N-dealkylation sites (tertiary alicyclic amines) is 1. The van der Waals surface area contributed by atoms with Crippen LogP contribution >= 0.6 is 0 Å². The Labute approximate surface area is 144 Å². The van der Waals surface area contributed by atoms with Crippen LogP contribution in [-0.4, -0.2) is 51.7 Å². The number of hydrogen-bond donors (Lipinski definition) is 2. The third-order valence-electron chi connectivity index (χ3n) is 4.18. The average molecular weight is 353 g/mol. The van der Waals surface area contributed by atoms with Crippen LogP contribution in [0, 0.1) is 5.92 Å². The third kappa shape index (κ3) is 5.21. The van der Waals surface area contributed by atoms with Gasteiger partial charge in [0.05, 0.1) is 5.75 Å². The van der Waals surface area contributed by atoms with E-state index >= 15 is 0 Å². The van der Waals surface area contributed by atoms with Gasteiger partial charge in [-0.1, -0.05) is 6.92 Å². The minimum Gasteiger partial charge on any atom is -0.338 e. The largest absolute Gasteiger partial charge is 0.338 e. The Balaban J connectivity index is 2.00. The number of anilines is 1. The van der Waals surface area contributed by atoms with Gasteiger partial charge in [-0.15, -0.1) is 0 Å². The summed E-state index contributed by atoms with van der Waals surface area (Å²) < 4.78 is 26.1. The van der Waals surface area contributed by atoms with Crippen LogP contribution < -0.4 is 10.0 Å². The molecule has 2 rings (SSSR count). The minimum atomic E-state index is -3.30. The lowest BCUT2D eigenvalue weighted by atomic mass is 9.97. The second-order valence-electron chi connectivity index (χ2n) is 6.32. The topological polar surface area (TPSA) is 78.5 Å². The molecule has 0 radical (unpaired) electrons. The van der Waals surface area contributed by atoms with Gasteiger partial charge in [0.1, 0.15) is 0 Å². The van der Waals surface area contributed by atoms with Gasteiger partial charge in [-0.05, 0) is 63.0 Å². The maximum atomic E-state index is 12.6. The highest BCUT2D eigenvalue weighted by atomic mass is 32.2. The molecule has 1 aliphatic rings. The molecular formula is C17H27N3O3S. The van der Waals surface area contributed by atoms with Crippen LogP contribution in [0.3, 0.4) is 0 Å². The van der Waals surface area contributed by atoms with Crippen LogP contribution in [0.1, 0.15) is 36.5 Å². The van der Waals surface area contributed by atoms with Gasteiger partial charge in [0.25, 0.3) is 5.91 Å². The first-order valence-electron chi connectivity index (χ1n) is 8.49. The van der Waals surface area contributed by atoms with Crippen LogP contribution in [0.4, 0.5) is 5.69 Å². The highest BCUT2D eigenvalue weighted by Crippen LogP contribution is 2.19. The number of nitrogens with zero attached hydrogens (tertiary/aromatic N) is 1. The van der Waals surface area contributed by atoms with E-state index in [0.29, 0.717) is 23.6 Å². The van der Waals surface area contributed by atoms with Gasteiger partial charge in [0, 0.05) is 24.3 Å². The number of amides is 1. The summed E-state index contributed by atoms with van der Waals surface area (Å²) in [6, 6.07) is 6.67. The Morgan fingerprint density at radius 3 is 2.62 bits per heavy atom. The van der Waals surface area contributed by atoms with Gasteiger partial charge in [0.15, 0.2) is 0 Å². The molecule has 1 heterocycles. The second-order valence-corrected chi connectivity index (χ2v) is 8.16. The molecular weight excluding hydrogens is 326 g/mol. The molecule has 1 saturated heterocycles. The first kappa shape index (κ1) is 18.7. The van der Waals surface area contributed by atoms with Gasteiger partial charge in [0.2, 0.25) is 10.0 Å². The molecule has 1 atom stereocenters. The second kappa shape index (κ2) is 8.48. The van der Waals surface area contributed by atoms with E-state index in [1.54, 1.807) is 24.3 Å². The van der Waals surface area contributed by atoms with E-state index in [0.717, 1.165) is 32.5 Å². The van der Waals surface area contributed by atoms with Gasteiger partial charge < -0.3 is 10.2 Å². The standard InChI is InChI=1S/C17H27N3O3S/c1-3-11-24(22,23)19-16-8-6-15(7-9-16)17(21)20-10-4-5-14(13-20)12-18-2/h6-9,14,18-19H,3-5,10-13H2,1-2H3. The number of carbonyl (C=O) groups excluding carboxylic acids is 1. The summed E-state index contributed by atoms with van der Waals surface area (Å²) >= 11 is 0. The van der Waals surface area contributed by atoms with E-state index in [1.807, 2.05) is 18.9 Å². The number of hydrogen-bond acceptors (Lipinski definition) is 4. The van der Waals surface area contributed by atoms with Gasteiger partial charge >= 0.3 is 0 Å². The van der Waals surface area contributed by atoms with Crippen LogP contribution in [-0.2, 0) is 10.0 Å². The molecule has 6 nitrogen and oxygen atoms in total. The maximum Gasteiger partial charge on any atom is 0.253 e. The summed E-state index contributed by atoms with van der Waals surface area (Å²) in [7, 11) is -1.37. The van der Waals surface area contributed by atoms with Crippen LogP contribution in [0.2, 0.25) is 0 Å². The Hall–Kier alpha value is -1.60. The van der Waals surface area contributed by atoms with Crippen LogP contribution in [0.15, 0.2) is 24.3 Å². The van der Waals surface area contributed by atoms with Crippen molar-refractivity contribution in [3.05, 3.63) is 29.8 Å². The van der Waals surface area contributed by atoms with E-state index < -0.39 is 10.0 Å². The number of rotatable bonds is 7. The number of piperidine rings is 1. The lowest BCUT2D eigenvalue weighted by Gasteiger charge is -2.32. The highest BCUT2D eigenvalue weighted by molar-refractivity contribution is 7.92. The van der Waals surface area contributed by atoms with Gasteiger partial charge in [-0.25, -0.2) is 8.42 Å². The first-order valence-corrected chi connectivity index (χ1v) is 10.1. The van der Waals surface area contributed by atoms with Crippen molar-refractivity contribution in [2.75, 3.05) is 37.2 Å². The fourth-order valence-corrected chi connectivity index (χ4v) is 4.20. The van der Waals surface area contributed by atoms with E-state index in [2.05, 4.69) is 10.0 Å². The highest BCUT2D eigenvalue weighted by Gasteiger charge is 2.24. The zero-order valence-electron chi connectivity index (χ0n) is 14.4. The predicted molar refractivity (Wildman–Crippen MR) is 96.7 cm³/mol. The smallest absolute Gasteiger partial charge is 0.253 e. The molecule has 0 aromatic heterocycles. The summed E-state index contributed by atoms with van der Waals surface area (Å²) in [5, 5.41) is 3.17. The van der Waals surface area contributed by atoms with Crippen molar-refractivity contribution in [3.63, 3.8) is 0 Å². The van der Waals surface area contributed by atoms with Crippen molar-refractivity contribution in [2.24, 2.45) is 5.92 Å².